The van der Waals surface area contributed by atoms with Gasteiger partial charge >= 0.3 is 0 Å². The van der Waals surface area contributed by atoms with E-state index in [2.05, 4.69) is 16.4 Å². The molecule has 0 spiro atoms. The molecule has 0 bridgehead atoms. The molecular weight excluding hydrogens is 304 g/mol. The molecule has 1 saturated carbocycles. The largest absolute Gasteiger partial charge is 0.343 e. The van der Waals surface area contributed by atoms with Gasteiger partial charge in [0, 0.05) is 12.7 Å². The topological polar surface area (TPSA) is 86.1 Å². The van der Waals surface area contributed by atoms with Gasteiger partial charge in [-0.1, -0.05) is 19.3 Å². The predicted molar refractivity (Wildman–Crippen MR) is 88.9 cm³/mol. The van der Waals surface area contributed by atoms with Gasteiger partial charge in [-0.25, -0.2) is 0 Å². The van der Waals surface area contributed by atoms with Gasteiger partial charge in [-0.15, -0.1) is 0 Å². The molecule has 1 N–H and O–H groups in total. The Hall–Kier alpha value is -2.42. The first kappa shape index (κ1) is 16.4. The maximum absolute atomic E-state index is 12.7. The Morgan fingerprint density at radius 1 is 1.33 bits per heavy atom. The number of aromatic nitrogens is 1. The molecular formula is C18H22N4O2. The second-order valence-corrected chi connectivity index (χ2v) is 6.62. The van der Waals surface area contributed by atoms with Gasteiger partial charge in [-0.2, -0.15) is 5.26 Å². The van der Waals surface area contributed by atoms with E-state index in [0.29, 0.717) is 25.8 Å². The Labute approximate surface area is 141 Å². The Bertz CT molecular complexity index is 647. The summed E-state index contributed by atoms with van der Waals surface area (Å²) in [5, 5.41) is 12.4. The first-order valence-electron chi connectivity index (χ1n) is 8.60. The van der Waals surface area contributed by atoms with Crippen molar-refractivity contribution in [1.29, 1.82) is 5.26 Å². The van der Waals surface area contributed by atoms with Crippen LogP contribution in [0.5, 0.6) is 0 Å². The number of carbonyl (C=O) groups is 2. The van der Waals surface area contributed by atoms with E-state index in [9.17, 15) is 14.9 Å². The summed E-state index contributed by atoms with van der Waals surface area (Å²) in [5.74, 6) is -0.400. The molecule has 1 aliphatic heterocycles. The molecule has 6 heteroatoms. The van der Waals surface area contributed by atoms with Crippen LogP contribution >= 0.6 is 0 Å². The van der Waals surface area contributed by atoms with Gasteiger partial charge in [0.2, 0.25) is 11.8 Å². The first-order chi connectivity index (χ1) is 11.7. The zero-order valence-electron chi connectivity index (χ0n) is 13.7. The molecule has 1 aromatic heterocycles. The van der Waals surface area contributed by atoms with Crippen molar-refractivity contribution in [3.05, 3.63) is 24.5 Å². The number of carbonyl (C=O) groups excluding carboxylic acids is 2. The number of hydrogen-bond acceptors (Lipinski definition) is 4. The highest BCUT2D eigenvalue weighted by atomic mass is 16.2. The van der Waals surface area contributed by atoms with Gasteiger partial charge in [0.25, 0.3) is 0 Å². The number of pyridine rings is 1. The van der Waals surface area contributed by atoms with Crippen molar-refractivity contribution in [2.24, 2.45) is 5.41 Å². The lowest BCUT2D eigenvalue weighted by Crippen LogP contribution is -2.55. The van der Waals surface area contributed by atoms with Crippen molar-refractivity contribution in [2.75, 3.05) is 11.4 Å². The number of piperidine rings is 1. The second-order valence-electron chi connectivity index (χ2n) is 6.62. The third kappa shape index (κ3) is 3.12. The summed E-state index contributed by atoms with van der Waals surface area (Å²) in [4.78, 5) is 31.2. The fourth-order valence-corrected chi connectivity index (χ4v) is 3.62. The van der Waals surface area contributed by atoms with Crippen molar-refractivity contribution in [2.45, 2.75) is 51.0 Å². The minimum atomic E-state index is -0.963. The number of amides is 2. The van der Waals surface area contributed by atoms with E-state index < -0.39 is 11.5 Å². The summed E-state index contributed by atoms with van der Waals surface area (Å²) in [6, 6.07) is 5.29. The molecule has 0 unspecified atom stereocenters. The Morgan fingerprint density at radius 3 is 2.79 bits per heavy atom. The average Bonchev–Trinajstić information content (AvgIpc) is 2.64. The van der Waals surface area contributed by atoms with Gasteiger partial charge in [-0.05, 0) is 37.8 Å². The van der Waals surface area contributed by atoms with Crippen LogP contribution in [-0.4, -0.2) is 29.4 Å². The molecule has 3 rings (SSSR count). The minimum absolute atomic E-state index is 0.119. The smallest absolute Gasteiger partial charge is 0.249 e. The van der Waals surface area contributed by atoms with E-state index in [4.69, 9.17) is 0 Å². The van der Waals surface area contributed by atoms with Crippen LogP contribution in [0.4, 0.5) is 5.69 Å². The molecule has 2 heterocycles. The molecule has 2 fully saturated rings. The van der Waals surface area contributed by atoms with Crippen LogP contribution < -0.4 is 10.2 Å². The van der Waals surface area contributed by atoms with Crippen LogP contribution in [0.1, 0.15) is 44.9 Å². The SMILES string of the molecule is N#CC1(C(=O)N[C@H]2CCCN(c3cccnc3)C2=O)CCCCC1. The zero-order chi connectivity index (χ0) is 17.0. The van der Waals surface area contributed by atoms with Crippen LogP contribution in [0, 0.1) is 16.7 Å². The molecule has 1 aliphatic carbocycles. The van der Waals surface area contributed by atoms with Crippen molar-refractivity contribution in [3.63, 3.8) is 0 Å². The van der Waals surface area contributed by atoms with E-state index in [1.807, 2.05) is 6.07 Å². The Balaban J connectivity index is 1.71. The number of anilines is 1. The summed E-state index contributed by atoms with van der Waals surface area (Å²) in [6.07, 6.45) is 8.76. The van der Waals surface area contributed by atoms with Crippen LogP contribution in [0.25, 0.3) is 0 Å². The van der Waals surface area contributed by atoms with Crippen LogP contribution in [0.15, 0.2) is 24.5 Å². The Morgan fingerprint density at radius 2 is 2.12 bits per heavy atom. The Kier molecular flexibility index (Phi) is 4.79. The molecule has 126 valence electrons. The summed E-state index contributed by atoms with van der Waals surface area (Å²) >= 11 is 0. The summed E-state index contributed by atoms with van der Waals surface area (Å²) in [7, 11) is 0. The van der Waals surface area contributed by atoms with Crippen molar-refractivity contribution in [3.8, 4) is 6.07 Å². The maximum atomic E-state index is 12.7. The van der Waals surface area contributed by atoms with Gasteiger partial charge in [0.1, 0.15) is 11.5 Å². The summed E-state index contributed by atoms with van der Waals surface area (Å²) < 4.78 is 0. The molecule has 0 radical (unpaired) electrons. The van der Waals surface area contributed by atoms with Gasteiger partial charge in [-0.3, -0.25) is 14.6 Å². The van der Waals surface area contributed by atoms with Gasteiger partial charge in [0.15, 0.2) is 0 Å². The van der Waals surface area contributed by atoms with Crippen molar-refractivity contribution >= 4 is 17.5 Å². The number of nitrogens with zero attached hydrogens (tertiary/aromatic N) is 3. The number of nitriles is 1. The fourth-order valence-electron chi connectivity index (χ4n) is 3.62. The lowest BCUT2D eigenvalue weighted by molar-refractivity contribution is -0.134. The van der Waals surface area contributed by atoms with Gasteiger partial charge < -0.3 is 10.2 Å². The van der Waals surface area contributed by atoms with E-state index >= 15 is 0 Å². The molecule has 2 amide bonds. The molecule has 1 atom stereocenters. The lowest BCUT2D eigenvalue weighted by Gasteiger charge is -2.35. The molecule has 0 aromatic carbocycles. The highest BCUT2D eigenvalue weighted by Crippen LogP contribution is 2.36. The summed E-state index contributed by atoms with van der Waals surface area (Å²) in [6.45, 7) is 0.625. The van der Waals surface area contributed by atoms with Crippen LogP contribution in [0.3, 0.4) is 0 Å². The third-order valence-corrected chi connectivity index (χ3v) is 5.06. The monoisotopic (exact) mass is 326 g/mol. The minimum Gasteiger partial charge on any atom is -0.343 e. The molecule has 2 aliphatic rings. The van der Waals surface area contributed by atoms with E-state index in [1.54, 1.807) is 23.4 Å². The highest BCUT2D eigenvalue weighted by Gasteiger charge is 2.42. The zero-order valence-corrected chi connectivity index (χ0v) is 13.7. The second kappa shape index (κ2) is 7.00. The molecule has 6 nitrogen and oxygen atoms in total. The molecule has 1 saturated heterocycles. The van der Waals surface area contributed by atoms with Crippen LogP contribution in [0.2, 0.25) is 0 Å². The fraction of sp³-hybridized carbons (Fsp3) is 0.556. The standard InChI is InChI=1S/C18H22N4O2/c19-13-18(8-2-1-3-9-18)17(24)21-15-7-5-11-22(16(15)23)14-6-4-10-20-12-14/h4,6,10,12,15H,1-3,5,7-9,11H2,(H,21,24)/t15-/m0/s1. The number of rotatable bonds is 3. The lowest BCUT2D eigenvalue weighted by atomic mass is 9.74. The number of nitrogens with one attached hydrogen (secondary N) is 1. The predicted octanol–water partition coefficient (Wildman–Crippen LogP) is 2.17. The van der Waals surface area contributed by atoms with E-state index in [-0.39, 0.29) is 11.8 Å². The summed E-state index contributed by atoms with van der Waals surface area (Å²) in [5.41, 5.74) is -0.219. The van der Waals surface area contributed by atoms with Crippen molar-refractivity contribution < 1.29 is 9.59 Å². The first-order valence-corrected chi connectivity index (χ1v) is 8.60. The van der Waals surface area contributed by atoms with Gasteiger partial charge in [0.05, 0.1) is 18.0 Å². The third-order valence-electron chi connectivity index (χ3n) is 5.06. The quantitative estimate of drug-likeness (QED) is 0.922. The maximum Gasteiger partial charge on any atom is 0.249 e. The van der Waals surface area contributed by atoms with E-state index in [0.717, 1.165) is 31.4 Å². The van der Waals surface area contributed by atoms with Crippen molar-refractivity contribution in [1.82, 2.24) is 10.3 Å². The molecule has 24 heavy (non-hydrogen) atoms. The number of hydrogen-bond donors (Lipinski definition) is 1. The van der Waals surface area contributed by atoms with E-state index in [1.165, 1.54) is 0 Å². The molecule has 1 aromatic rings. The normalized spacial score (nSPS) is 23.4. The highest BCUT2D eigenvalue weighted by molar-refractivity contribution is 6.00. The van der Waals surface area contributed by atoms with Crippen LogP contribution in [-0.2, 0) is 9.59 Å². The average molecular weight is 326 g/mol.